The monoisotopic (exact) mass is 590 g/mol. The van der Waals surface area contributed by atoms with Gasteiger partial charge >= 0.3 is 0 Å². The van der Waals surface area contributed by atoms with E-state index >= 15 is 0 Å². The van der Waals surface area contributed by atoms with Gasteiger partial charge in [-0.25, -0.2) is 4.90 Å². The summed E-state index contributed by atoms with van der Waals surface area (Å²) < 4.78 is -1.99. The van der Waals surface area contributed by atoms with Crippen LogP contribution in [0.15, 0.2) is 52.5 Å². The Morgan fingerprint density at radius 2 is 1.37 bits per heavy atom. The molecule has 0 aromatic heterocycles. The second-order valence-corrected chi connectivity index (χ2v) is 12.1. The third-order valence-corrected chi connectivity index (χ3v) is 11.4. The fourth-order valence-corrected chi connectivity index (χ4v) is 8.02. The summed E-state index contributed by atoms with van der Waals surface area (Å²) in [6.45, 7) is 3.87. The minimum Gasteiger partial charge on any atom is -0.322 e. The number of halogens is 6. The van der Waals surface area contributed by atoms with Gasteiger partial charge in [0.2, 0.25) is 11.8 Å². The van der Waals surface area contributed by atoms with Gasteiger partial charge in [-0.3, -0.25) is 14.4 Å². The number of anilines is 2. The number of rotatable bonds is 3. The highest BCUT2D eigenvalue weighted by Gasteiger charge is 2.87. The van der Waals surface area contributed by atoms with Gasteiger partial charge in [0.15, 0.2) is 4.33 Å². The van der Waals surface area contributed by atoms with Crippen LogP contribution in [0.2, 0.25) is 0 Å². The molecule has 2 aromatic carbocycles. The van der Waals surface area contributed by atoms with Crippen LogP contribution >= 0.6 is 69.6 Å². The lowest BCUT2D eigenvalue weighted by Gasteiger charge is -2.34. The van der Waals surface area contributed by atoms with Gasteiger partial charge in [0, 0.05) is 11.3 Å². The molecular weight excluding hydrogens is 577 g/mol. The fraction of sp³-hybridized carbons (Fsp3) is 0.292. The Balaban J connectivity index is 1.44. The Morgan fingerprint density at radius 1 is 0.857 bits per heavy atom. The van der Waals surface area contributed by atoms with Gasteiger partial charge in [-0.1, -0.05) is 58.5 Å². The molecule has 2 bridgehead atoms. The molecule has 3 amide bonds. The molecule has 11 heteroatoms. The summed E-state index contributed by atoms with van der Waals surface area (Å²) >= 11 is 39.1. The van der Waals surface area contributed by atoms with Crippen LogP contribution < -0.4 is 10.2 Å². The molecule has 0 radical (unpaired) electrons. The maximum atomic E-state index is 13.4. The van der Waals surface area contributed by atoms with Gasteiger partial charge in [-0.15, -0.1) is 23.2 Å². The normalized spacial score (nSPS) is 30.8. The van der Waals surface area contributed by atoms with Gasteiger partial charge in [-0.2, -0.15) is 0 Å². The van der Waals surface area contributed by atoms with Crippen molar-refractivity contribution in [1.82, 2.24) is 0 Å². The van der Waals surface area contributed by atoms with Crippen molar-refractivity contribution in [2.24, 2.45) is 11.8 Å². The van der Waals surface area contributed by atoms with Gasteiger partial charge in [0.1, 0.15) is 9.75 Å². The first kappa shape index (κ1) is 25.2. The van der Waals surface area contributed by atoms with Crippen molar-refractivity contribution in [3.63, 3.8) is 0 Å². The molecule has 0 unspecified atom stereocenters. The van der Waals surface area contributed by atoms with Crippen LogP contribution in [0.25, 0.3) is 0 Å². The summed E-state index contributed by atoms with van der Waals surface area (Å²) in [5.74, 6) is -4.08. The number of aryl methyl sites for hydroxylation is 1. The molecule has 2 fully saturated rings. The number of hydrogen-bond acceptors (Lipinski definition) is 3. The lowest BCUT2D eigenvalue weighted by molar-refractivity contribution is -0.123. The predicted molar refractivity (Wildman–Crippen MR) is 140 cm³/mol. The predicted octanol–water partition coefficient (Wildman–Crippen LogP) is 6.51. The highest BCUT2D eigenvalue weighted by atomic mass is 35.5. The minimum atomic E-state index is -1.99. The molecule has 5 rings (SSSR count). The third kappa shape index (κ3) is 3.00. The van der Waals surface area contributed by atoms with E-state index in [0.717, 1.165) is 16.0 Å². The van der Waals surface area contributed by atoms with Crippen LogP contribution in [-0.2, 0) is 9.59 Å². The van der Waals surface area contributed by atoms with Gasteiger partial charge in [0.05, 0.1) is 27.6 Å². The third-order valence-electron chi connectivity index (χ3n) is 7.15. The first-order valence-corrected chi connectivity index (χ1v) is 12.7. The lowest BCUT2D eigenvalue weighted by Crippen LogP contribution is -2.50. The van der Waals surface area contributed by atoms with Crippen molar-refractivity contribution in [1.29, 1.82) is 0 Å². The van der Waals surface area contributed by atoms with Gasteiger partial charge in [0.25, 0.3) is 5.91 Å². The Morgan fingerprint density at radius 3 is 1.89 bits per heavy atom. The fourth-order valence-electron chi connectivity index (χ4n) is 5.09. The Hall–Kier alpha value is -1.47. The zero-order valence-electron chi connectivity index (χ0n) is 18.1. The average molecular weight is 593 g/mol. The van der Waals surface area contributed by atoms with Crippen molar-refractivity contribution in [2.75, 3.05) is 10.2 Å². The molecule has 1 aliphatic heterocycles. The molecule has 1 heterocycles. The van der Waals surface area contributed by atoms with Crippen LogP contribution in [0.4, 0.5) is 11.4 Å². The van der Waals surface area contributed by atoms with Crippen molar-refractivity contribution < 1.29 is 14.4 Å². The van der Waals surface area contributed by atoms with Crippen LogP contribution in [0.1, 0.15) is 21.5 Å². The number of carbonyl (C=O) groups is 3. The van der Waals surface area contributed by atoms with E-state index in [9.17, 15) is 14.4 Å². The number of nitrogens with one attached hydrogen (secondary N) is 1. The summed E-state index contributed by atoms with van der Waals surface area (Å²) in [6, 6.07) is 11.6. The van der Waals surface area contributed by atoms with Gasteiger partial charge in [-0.05, 0) is 55.3 Å². The number of imide groups is 1. The molecule has 3 aliphatic rings. The Bertz CT molecular complexity index is 1310. The second-order valence-electron chi connectivity index (χ2n) is 8.84. The summed E-state index contributed by atoms with van der Waals surface area (Å²) in [4.78, 5) is 36.9. The number of hydrogen-bond donors (Lipinski definition) is 1. The van der Waals surface area contributed by atoms with E-state index in [1.54, 1.807) is 0 Å². The number of nitrogens with zero attached hydrogens (tertiary/aromatic N) is 1. The molecule has 35 heavy (non-hydrogen) atoms. The molecule has 4 atom stereocenters. The first-order valence-electron chi connectivity index (χ1n) is 10.5. The largest absolute Gasteiger partial charge is 0.322 e. The van der Waals surface area contributed by atoms with E-state index in [2.05, 4.69) is 5.32 Å². The van der Waals surface area contributed by atoms with Crippen LogP contribution in [0.5, 0.6) is 0 Å². The SMILES string of the molecule is Cc1cccc(NC(=O)c2ccc(N3C(=O)[C@@H]4[C@H](C3=O)[C@@]3(Cl)C(Cl)=C(Cl)[C@@]4(Cl)C3(Cl)Cl)cc2)c1C. The van der Waals surface area contributed by atoms with Crippen molar-refractivity contribution in [3.05, 3.63) is 69.2 Å². The van der Waals surface area contributed by atoms with E-state index in [1.165, 1.54) is 24.3 Å². The lowest BCUT2D eigenvalue weighted by atomic mass is 9.84. The van der Waals surface area contributed by atoms with E-state index in [4.69, 9.17) is 69.6 Å². The zero-order chi connectivity index (χ0) is 25.7. The molecular formula is C24H16Cl6N2O3. The minimum absolute atomic E-state index is 0.149. The number of alkyl halides is 4. The van der Waals surface area contributed by atoms with Crippen molar-refractivity contribution in [2.45, 2.75) is 27.9 Å². The molecule has 1 saturated heterocycles. The summed E-state index contributed by atoms with van der Waals surface area (Å²) in [5, 5.41) is 2.57. The molecule has 0 spiro atoms. The van der Waals surface area contributed by atoms with Crippen LogP contribution in [-0.4, -0.2) is 31.8 Å². The molecule has 1 saturated carbocycles. The summed E-state index contributed by atoms with van der Waals surface area (Å²) in [6.07, 6.45) is 0. The van der Waals surface area contributed by atoms with E-state index in [-0.39, 0.29) is 21.7 Å². The number of fused-ring (bicyclic) bond motifs is 5. The Labute approximate surface area is 231 Å². The highest BCUT2D eigenvalue weighted by molar-refractivity contribution is 6.67. The molecule has 1 N–H and O–H groups in total. The van der Waals surface area contributed by atoms with Crippen molar-refractivity contribution >= 4 is 98.7 Å². The zero-order valence-corrected chi connectivity index (χ0v) is 22.7. The number of amides is 3. The number of carbonyl (C=O) groups excluding carboxylic acids is 3. The standard InChI is InChI=1S/C24H16Cl6N2O3/c1-10-4-3-5-14(11(10)2)31-19(33)12-6-8-13(9-7-12)32-20(34)15-16(21(32)35)23(28)18(26)17(25)22(15,27)24(23,29)30/h3-9,15-16H,1-2H3,(H,31,33)/t15-,16+,22-,23-/m1/s1. The molecule has 2 aliphatic carbocycles. The maximum Gasteiger partial charge on any atom is 0.255 e. The van der Waals surface area contributed by atoms with E-state index in [0.29, 0.717) is 11.3 Å². The summed E-state index contributed by atoms with van der Waals surface area (Å²) in [5.41, 5.74) is 3.27. The topological polar surface area (TPSA) is 66.5 Å². The molecule has 5 nitrogen and oxygen atoms in total. The highest BCUT2D eigenvalue weighted by Crippen LogP contribution is 2.77. The maximum absolute atomic E-state index is 13.4. The number of allylic oxidation sites excluding steroid dienone is 2. The Kier molecular flexibility index (Phi) is 5.77. The van der Waals surface area contributed by atoms with Gasteiger partial charge < -0.3 is 5.32 Å². The first-order chi connectivity index (χ1) is 16.3. The van der Waals surface area contributed by atoms with Crippen LogP contribution in [0.3, 0.4) is 0 Å². The average Bonchev–Trinajstić information content (AvgIpc) is 3.20. The second kappa shape index (κ2) is 8.01. The summed E-state index contributed by atoms with van der Waals surface area (Å²) in [7, 11) is 0. The number of benzene rings is 2. The smallest absolute Gasteiger partial charge is 0.255 e. The quantitative estimate of drug-likeness (QED) is 0.326. The van der Waals surface area contributed by atoms with Crippen molar-refractivity contribution in [3.8, 4) is 0 Å². The van der Waals surface area contributed by atoms with E-state index in [1.807, 2.05) is 32.0 Å². The van der Waals surface area contributed by atoms with E-state index < -0.39 is 37.7 Å². The molecule has 182 valence electrons. The van der Waals surface area contributed by atoms with Crippen LogP contribution in [0, 0.1) is 25.7 Å². The molecule has 2 aromatic rings.